The van der Waals surface area contributed by atoms with Gasteiger partial charge in [0.05, 0.1) is 15.9 Å². The number of aromatic nitrogens is 5. The van der Waals surface area contributed by atoms with Crippen LogP contribution < -0.4 is 5.32 Å². The topological polar surface area (TPSA) is 126 Å². The van der Waals surface area contributed by atoms with Gasteiger partial charge in [0.25, 0.3) is 0 Å². The first-order chi connectivity index (χ1) is 13.9. The van der Waals surface area contributed by atoms with E-state index in [1.807, 2.05) is 11.6 Å². The molecule has 0 bridgehead atoms. The van der Waals surface area contributed by atoms with Gasteiger partial charge in [-0.2, -0.15) is 14.4 Å². The number of nitrogens with zero attached hydrogens (tertiary/aromatic N) is 5. The van der Waals surface area contributed by atoms with Gasteiger partial charge in [-0.25, -0.2) is 18.5 Å². The molecule has 10 nitrogen and oxygen atoms in total. The van der Waals surface area contributed by atoms with Crippen molar-refractivity contribution < 1.29 is 13.2 Å². The Kier molecular flexibility index (Phi) is 5.33. The van der Waals surface area contributed by atoms with Gasteiger partial charge >= 0.3 is 0 Å². The SMILES string of the molecule is Cn1c(CCC(=O)Nc2ncn[nH]2)nc2cc(S(=O)(=O)N3CCCCC3)ccc21. The lowest BCUT2D eigenvalue weighted by molar-refractivity contribution is -0.116. The minimum atomic E-state index is -3.51. The number of H-pyrrole nitrogens is 1. The van der Waals surface area contributed by atoms with Crippen LogP contribution in [0.3, 0.4) is 0 Å². The van der Waals surface area contributed by atoms with E-state index >= 15 is 0 Å². The van der Waals surface area contributed by atoms with Crippen LogP contribution in [0, 0.1) is 0 Å². The molecule has 1 aliphatic heterocycles. The Bertz CT molecular complexity index is 1120. The molecule has 0 atom stereocenters. The lowest BCUT2D eigenvalue weighted by atomic mass is 10.2. The number of nitrogens with one attached hydrogen (secondary N) is 2. The summed E-state index contributed by atoms with van der Waals surface area (Å²) in [5.41, 5.74) is 1.43. The molecule has 2 N–H and O–H groups in total. The van der Waals surface area contributed by atoms with Gasteiger partial charge in [0.1, 0.15) is 12.2 Å². The van der Waals surface area contributed by atoms with E-state index in [1.54, 1.807) is 22.5 Å². The third-order valence-corrected chi connectivity index (χ3v) is 7.04. The molecule has 1 amide bonds. The molecule has 3 heterocycles. The second-order valence-corrected chi connectivity index (χ2v) is 9.02. The van der Waals surface area contributed by atoms with Crippen molar-refractivity contribution in [2.75, 3.05) is 18.4 Å². The summed E-state index contributed by atoms with van der Waals surface area (Å²) in [5.74, 6) is 0.801. The Hall–Kier alpha value is -2.79. The quantitative estimate of drug-likeness (QED) is 0.625. The molecule has 1 saturated heterocycles. The van der Waals surface area contributed by atoms with Gasteiger partial charge in [-0.05, 0) is 31.0 Å². The highest BCUT2D eigenvalue weighted by Gasteiger charge is 2.26. The minimum Gasteiger partial charge on any atom is -0.331 e. The first-order valence-electron chi connectivity index (χ1n) is 9.56. The van der Waals surface area contributed by atoms with Crippen molar-refractivity contribution in [3.63, 3.8) is 0 Å². The first-order valence-corrected chi connectivity index (χ1v) is 11.0. The molecule has 2 aromatic heterocycles. The molecule has 3 aromatic rings. The number of carbonyl (C=O) groups excluding carboxylic acids is 1. The number of aryl methyl sites for hydroxylation is 2. The van der Waals surface area contributed by atoms with E-state index in [2.05, 4.69) is 25.5 Å². The normalized spacial score (nSPS) is 15.6. The molecule has 0 saturated carbocycles. The highest BCUT2D eigenvalue weighted by atomic mass is 32.2. The van der Waals surface area contributed by atoms with Crippen LogP contribution in [0.1, 0.15) is 31.5 Å². The lowest BCUT2D eigenvalue weighted by Crippen LogP contribution is -2.35. The number of aromatic amines is 1. The fourth-order valence-corrected chi connectivity index (χ4v) is 5.09. The molecule has 0 aliphatic carbocycles. The molecule has 1 fully saturated rings. The van der Waals surface area contributed by atoms with Gasteiger partial charge in [0.15, 0.2) is 0 Å². The van der Waals surface area contributed by atoms with Crippen molar-refractivity contribution in [2.24, 2.45) is 7.05 Å². The molecule has 0 radical (unpaired) electrons. The Labute approximate surface area is 168 Å². The third-order valence-electron chi connectivity index (χ3n) is 5.15. The summed E-state index contributed by atoms with van der Waals surface area (Å²) in [7, 11) is -1.65. The van der Waals surface area contributed by atoms with Crippen LogP contribution in [0.25, 0.3) is 11.0 Å². The largest absolute Gasteiger partial charge is 0.331 e. The molecule has 1 aliphatic rings. The van der Waals surface area contributed by atoms with Gasteiger partial charge in [0.2, 0.25) is 21.9 Å². The van der Waals surface area contributed by atoms with Crippen molar-refractivity contribution in [3.8, 4) is 0 Å². The summed E-state index contributed by atoms with van der Waals surface area (Å²) >= 11 is 0. The molecule has 0 spiro atoms. The summed E-state index contributed by atoms with van der Waals surface area (Å²) in [6, 6.07) is 5.03. The highest BCUT2D eigenvalue weighted by Crippen LogP contribution is 2.24. The fourth-order valence-electron chi connectivity index (χ4n) is 3.55. The summed E-state index contributed by atoms with van der Waals surface area (Å²) in [4.78, 5) is 20.7. The van der Waals surface area contributed by atoms with Crippen LogP contribution in [0.15, 0.2) is 29.4 Å². The number of fused-ring (bicyclic) bond motifs is 1. The zero-order chi connectivity index (χ0) is 20.4. The number of hydrogen-bond acceptors (Lipinski definition) is 6. The number of benzene rings is 1. The lowest BCUT2D eigenvalue weighted by Gasteiger charge is -2.25. The Balaban J connectivity index is 1.51. The predicted octanol–water partition coefficient (Wildman–Crippen LogP) is 1.44. The Morgan fingerprint density at radius 3 is 2.76 bits per heavy atom. The van der Waals surface area contributed by atoms with E-state index in [-0.39, 0.29) is 17.2 Å². The van der Waals surface area contributed by atoms with Crippen LogP contribution in [0.5, 0.6) is 0 Å². The zero-order valence-electron chi connectivity index (χ0n) is 16.1. The van der Waals surface area contributed by atoms with Gasteiger partial charge in [-0.15, -0.1) is 0 Å². The highest BCUT2D eigenvalue weighted by molar-refractivity contribution is 7.89. The maximum atomic E-state index is 12.9. The van der Waals surface area contributed by atoms with E-state index in [0.717, 1.165) is 24.8 Å². The second-order valence-electron chi connectivity index (χ2n) is 7.08. The van der Waals surface area contributed by atoms with E-state index in [4.69, 9.17) is 0 Å². The minimum absolute atomic E-state index is 0.206. The van der Waals surface area contributed by atoms with E-state index in [1.165, 1.54) is 6.33 Å². The average molecular weight is 417 g/mol. The zero-order valence-corrected chi connectivity index (χ0v) is 16.9. The van der Waals surface area contributed by atoms with E-state index in [0.29, 0.717) is 36.8 Å². The van der Waals surface area contributed by atoms with Gasteiger partial charge < -0.3 is 4.57 Å². The van der Waals surface area contributed by atoms with Crippen LogP contribution in [-0.4, -0.2) is 56.5 Å². The summed E-state index contributed by atoms with van der Waals surface area (Å²) in [6.45, 7) is 1.13. The molecular formula is C18H23N7O3S. The Morgan fingerprint density at radius 1 is 1.24 bits per heavy atom. The number of piperidine rings is 1. The summed E-state index contributed by atoms with van der Waals surface area (Å²) in [6.07, 6.45) is 4.81. The van der Waals surface area contributed by atoms with Crippen molar-refractivity contribution in [3.05, 3.63) is 30.4 Å². The number of hydrogen-bond donors (Lipinski definition) is 2. The van der Waals surface area contributed by atoms with Crippen LogP contribution >= 0.6 is 0 Å². The number of anilines is 1. The average Bonchev–Trinajstić information content (AvgIpc) is 3.34. The maximum Gasteiger partial charge on any atom is 0.243 e. The summed E-state index contributed by atoms with van der Waals surface area (Å²) < 4.78 is 29.3. The molecular weight excluding hydrogens is 394 g/mol. The molecule has 0 unspecified atom stereocenters. The number of carbonyl (C=O) groups is 1. The van der Waals surface area contributed by atoms with Crippen molar-refractivity contribution in [1.29, 1.82) is 0 Å². The van der Waals surface area contributed by atoms with Crippen LogP contribution in [0.4, 0.5) is 5.95 Å². The first kappa shape index (κ1) is 19.5. The van der Waals surface area contributed by atoms with Gasteiger partial charge in [0, 0.05) is 33.0 Å². The maximum absolute atomic E-state index is 12.9. The number of imidazole rings is 1. The van der Waals surface area contributed by atoms with Gasteiger partial charge in [-0.3, -0.25) is 10.1 Å². The number of rotatable bonds is 6. The standard InChI is InChI=1S/C18H23N7O3S/c1-24-15-6-5-13(29(27,28)25-9-3-2-4-10-25)11-14(15)21-16(24)7-8-17(26)22-18-19-12-20-23-18/h5-6,11-12H,2-4,7-10H2,1H3,(H2,19,20,22,23,26). The van der Waals surface area contributed by atoms with Crippen molar-refractivity contribution in [1.82, 2.24) is 29.0 Å². The molecule has 29 heavy (non-hydrogen) atoms. The van der Waals surface area contributed by atoms with E-state index in [9.17, 15) is 13.2 Å². The monoisotopic (exact) mass is 417 g/mol. The predicted molar refractivity (Wildman–Crippen MR) is 107 cm³/mol. The van der Waals surface area contributed by atoms with Crippen molar-refractivity contribution in [2.45, 2.75) is 37.0 Å². The molecule has 1 aromatic carbocycles. The fraction of sp³-hybridized carbons (Fsp3) is 0.444. The Morgan fingerprint density at radius 2 is 2.03 bits per heavy atom. The number of sulfonamides is 1. The van der Waals surface area contributed by atoms with Crippen LogP contribution in [0.2, 0.25) is 0 Å². The molecule has 154 valence electrons. The van der Waals surface area contributed by atoms with Gasteiger partial charge in [-0.1, -0.05) is 6.42 Å². The molecule has 4 rings (SSSR count). The summed E-state index contributed by atoms with van der Waals surface area (Å²) in [5, 5.41) is 8.87. The second kappa shape index (κ2) is 7.91. The van der Waals surface area contributed by atoms with Crippen molar-refractivity contribution >= 4 is 32.9 Å². The van der Waals surface area contributed by atoms with Crippen LogP contribution in [-0.2, 0) is 28.3 Å². The van der Waals surface area contributed by atoms with E-state index < -0.39 is 10.0 Å². The number of amides is 1. The third kappa shape index (κ3) is 4.01. The molecule has 11 heteroatoms. The smallest absolute Gasteiger partial charge is 0.243 e.